The average Bonchev–Trinajstić information content (AvgIpc) is 2.18. The highest BCUT2D eigenvalue weighted by molar-refractivity contribution is 5.96. The Morgan fingerprint density at radius 3 is 2.53 bits per heavy atom. The summed E-state index contributed by atoms with van der Waals surface area (Å²) >= 11 is 0. The Hall–Kier alpha value is -1.35. The first-order valence-corrected chi connectivity index (χ1v) is 5.21. The summed E-state index contributed by atoms with van der Waals surface area (Å²) in [5.41, 5.74) is 0.553. The number of ether oxygens (including phenoxy) is 1. The van der Waals surface area contributed by atoms with Gasteiger partial charge in [-0.2, -0.15) is 0 Å². The quantitative estimate of drug-likeness (QED) is 0.820. The molecule has 2 rings (SSSR count). The van der Waals surface area contributed by atoms with E-state index in [0.717, 1.165) is 12.1 Å². The van der Waals surface area contributed by atoms with Gasteiger partial charge in [-0.1, -0.05) is 25.1 Å². The maximum atomic E-state index is 12.0. The molecule has 1 amide bonds. The first kappa shape index (κ1) is 10.2. The lowest BCUT2D eigenvalue weighted by Gasteiger charge is -2.38. The molecule has 0 radical (unpaired) electrons. The van der Waals surface area contributed by atoms with Crippen LogP contribution in [-0.4, -0.2) is 19.1 Å². The Labute approximate surface area is 89.4 Å². The van der Waals surface area contributed by atoms with E-state index >= 15 is 0 Å². The topological polar surface area (TPSA) is 38.3 Å². The van der Waals surface area contributed by atoms with Crippen LogP contribution in [-0.2, 0) is 9.53 Å². The van der Waals surface area contributed by atoms with Gasteiger partial charge < -0.3 is 10.1 Å². The highest BCUT2D eigenvalue weighted by atomic mass is 16.5. The number of hydrogen-bond donors (Lipinski definition) is 1. The Morgan fingerprint density at radius 2 is 2.07 bits per heavy atom. The highest BCUT2D eigenvalue weighted by Crippen LogP contribution is 2.32. The van der Waals surface area contributed by atoms with E-state index in [-0.39, 0.29) is 11.3 Å². The maximum absolute atomic E-state index is 12.0. The minimum atomic E-state index is -0.296. The van der Waals surface area contributed by atoms with E-state index in [0.29, 0.717) is 13.2 Å². The predicted molar refractivity (Wildman–Crippen MR) is 58.6 cm³/mol. The molecule has 0 aromatic heterocycles. The number of carbonyl (C=O) groups is 1. The normalized spacial score (nSPS) is 17.9. The first-order valence-electron chi connectivity index (χ1n) is 5.21. The summed E-state index contributed by atoms with van der Waals surface area (Å²) in [4.78, 5) is 12.0. The molecule has 1 saturated heterocycles. The van der Waals surface area contributed by atoms with Gasteiger partial charge in [0.25, 0.3) is 0 Å². The molecular weight excluding hydrogens is 190 g/mol. The second-order valence-corrected chi connectivity index (χ2v) is 3.95. The third kappa shape index (κ3) is 1.88. The molecule has 80 valence electrons. The van der Waals surface area contributed by atoms with Gasteiger partial charge in [-0.25, -0.2) is 0 Å². The summed E-state index contributed by atoms with van der Waals surface area (Å²) in [5.74, 6) is 0.0717. The molecule has 1 N–H and O–H groups in total. The molecule has 3 nitrogen and oxygen atoms in total. The van der Waals surface area contributed by atoms with Crippen LogP contribution in [0.2, 0.25) is 0 Å². The van der Waals surface area contributed by atoms with Crippen LogP contribution in [0.4, 0.5) is 5.69 Å². The van der Waals surface area contributed by atoms with Crippen LogP contribution >= 0.6 is 0 Å². The number of para-hydroxylation sites is 1. The lowest BCUT2D eigenvalue weighted by atomic mass is 9.82. The van der Waals surface area contributed by atoms with Crippen molar-refractivity contribution in [3.63, 3.8) is 0 Å². The van der Waals surface area contributed by atoms with Crippen LogP contribution in [0.3, 0.4) is 0 Å². The van der Waals surface area contributed by atoms with E-state index in [2.05, 4.69) is 5.32 Å². The lowest BCUT2D eigenvalue weighted by molar-refractivity contribution is -0.156. The zero-order valence-electron chi connectivity index (χ0n) is 8.82. The largest absolute Gasteiger partial charge is 0.379 e. The number of carbonyl (C=O) groups excluding carboxylic acids is 1. The summed E-state index contributed by atoms with van der Waals surface area (Å²) in [7, 11) is 0. The highest BCUT2D eigenvalue weighted by Gasteiger charge is 2.44. The van der Waals surface area contributed by atoms with Crippen molar-refractivity contribution in [1.29, 1.82) is 0 Å². The maximum Gasteiger partial charge on any atom is 0.235 e. The minimum absolute atomic E-state index is 0.0717. The number of benzene rings is 1. The van der Waals surface area contributed by atoms with Crippen molar-refractivity contribution < 1.29 is 9.53 Å². The van der Waals surface area contributed by atoms with Crippen LogP contribution in [0.1, 0.15) is 13.3 Å². The Kier molecular flexibility index (Phi) is 2.73. The minimum Gasteiger partial charge on any atom is -0.379 e. The summed E-state index contributed by atoms with van der Waals surface area (Å²) in [6, 6.07) is 9.52. The van der Waals surface area contributed by atoms with Crippen molar-refractivity contribution in [2.45, 2.75) is 13.3 Å². The molecular formula is C12H15NO2. The fourth-order valence-electron chi connectivity index (χ4n) is 1.63. The van der Waals surface area contributed by atoms with Crippen LogP contribution in [0, 0.1) is 5.41 Å². The van der Waals surface area contributed by atoms with Gasteiger partial charge in [0.2, 0.25) is 5.91 Å². The predicted octanol–water partition coefficient (Wildman–Crippen LogP) is 2.05. The van der Waals surface area contributed by atoms with Gasteiger partial charge in [-0.3, -0.25) is 4.79 Å². The van der Waals surface area contributed by atoms with E-state index in [1.807, 2.05) is 37.3 Å². The number of anilines is 1. The van der Waals surface area contributed by atoms with Crippen LogP contribution in [0.25, 0.3) is 0 Å². The second kappa shape index (κ2) is 4.03. The number of rotatable bonds is 3. The van der Waals surface area contributed by atoms with Gasteiger partial charge in [0.15, 0.2) is 0 Å². The van der Waals surface area contributed by atoms with Crippen LogP contribution < -0.4 is 5.32 Å². The number of hydrogen-bond acceptors (Lipinski definition) is 2. The molecule has 1 aliphatic rings. The van der Waals surface area contributed by atoms with Gasteiger partial charge in [0.05, 0.1) is 18.6 Å². The molecule has 15 heavy (non-hydrogen) atoms. The third-order valence-corrected chi connectivity index (χ3v) is 2.95. The number of nitrogens with one attached hydrogen (secondary N) is 1. The Bertz CT molecular complexity index is 338. The molecule has 0 spiro atoms. The molecule has 0 atom stereocenters. The van der Waals surface area contributed by atoms with Crippen LogP contribution in [0.15, 0.2) is 30.3 Å². The van der Waals surface area contributed by atoms with E-state index in [4.69, 9.17) is 4.74 Å². The van der Waals surface area contributed by atoms with Gasteiger partial charge in [-0.05, 0) is 18.6 Å². The summed E-state index contributed by atoms with van der Waals surface area (Å²) in [5, 5.41) is 2.92. The third-order valence-electron chi connectivity index (χ3n) is 2.95. The monoisotopic (exact) mass is 205 g/mol. The van der Waals surface area contributed by atoms with Crippen molar-refractivity contribution >= 4 is 11.6 Å². The van der Waals surface area contributed by atoms with E-state index in [9.17, 15) is 4.79 Å². The fourth-order valence-corrected chi connectivity index (χ4v) is 1.63. The van der Waals surface area contributed by atoms with Crippen molar-refractivity contribution in [2.24, 2.45) is 5.41 Å². The zero-order chi connectivity index (χ0) is 10.7. The van der Waals surface area contributed by atoms with Gasteiger partial charge in [0.1, 0.15) is 0 Å². The molecule has 1 aromatic rings. The summed E-state index contributed by atoms with van der Waals surface area (Å²) in [6.07, 6.45) is 0.825. The fraction of sp³-hybridized carbons (Fsp3) is 0.417. The standard InChI is InChI=1S/C12H15NO2/c1-2-12(8-15-9-12)11(14)13-10-6-4-3-5-7-10/h3-7H,2,8-9H2,1H3,(H,13,14). The Balaban J connectivity index is 2.04. The number of amides is 1. The molecule has 0 unspecified atom stereocenters. The van der Waals surface area contributed by atoms with Crippen molar-refractivity contribution in [2.75, 3.05) is 18.5 Å². The van der Waals surface area contributed by atoms with Crippen molar-refractivity contribution in [3.8, 4) is 0 Å². The molecule has 1 heterocycles. The summed E-state index contributed by atoms with van der Waals surface area (Å²) in [6.45, 7) is 3.11. The molecule has 0 saturated carbocycles. The Morgan fingerprint density at radius 1 is 1.40 bits per heavy atom. The van der Waals surface area contributed by atoms with Gasteiger partial charge in [0, 0.05) is 5.69 Å². The van der Waals surface area contributed by atoms with E-state index < -0.39 is 0 Å². The molecule has 1 aliphatic heterocycles. The van der Waals surface area contributed by atoms with E-state index in [1.54, 1.807) is 0 Å². The first-order chi connectivity index (χ1) is 7.27. The van der Waals surface area contributed by atoms with Crippen molar-refractivity contribution in [3.05, 3.63) is 30.3 Å². The molecule has 1 aromatic carbocycles. The molecule has 3 heteroatoms. The second-order valence-electron chi connectivity index (χ2n) is 3.95. The average molecular weight is 205 g/mol. The van der Waals surface area contributed by atoms with Gasteiger partial charge >= 0.3 is 0 Å². The van der Waals surface area contributed by atoms with Crippen LogP contribution in [0.5, 0.6) is 0 Å². The van der Waals surface area contributed by atoms with Crippen molar-refractivity contribution in [1.82, 2.24) is 0 Å². The lowest BCUT2D eigenvalue weighted by Crippen LogP contribution is -2.51. The SMILES string of the molecule is CCC1(C(=O)Nc2ccccc2)COC1. The van der Waals surface area contributed by atoms with Gasteiger partial charge in [-0.15, -0.1) is 0 Å². The van der Waals surface area contributed by atoms with E-state index in [1.165, 1.54) is 0 Å². The molecule has 0 aliphatic carbocycles. The molecule has 0 bridgehead atoms. The smallest absolute Gasteiger partial charge is 0.235 e. The zero-order valence-corrected chi connectivity index (χ0v) is 8.82. The molecule has 1 fully saturated rings. The summed E-state index contributed by atoms with van der Waals surface area (Å²) < 4.78 is 5.13.